The highest BCUT2D eigenvalue weighted by Crippen LogP contribution is 2.47. The molecule has 11 heteroatoms. The Bertz CT molecular complexity index is 1380. The molecule has 0 saturated carbocycles. The number of sulfonamides is 1. The summed E-state index contributed by atoms with van der Waals surface area (Å²) in [4.78, 5) is 2.83. The first-order valence-electron chi connectivity index (χ1n) is 13.1. The second-order valence-electron chi connectivity index (χ2n) is 9.09. The van der Waals surface area contributed by atoms with E-state index in [1.54, 1.807) is 12.1 Å². The first-order valence-corrected chi connectivity index (χ1v) is 15.3. The quantitative estimate of drug-likeness (QED) is 0.172. The molecular weight excluding hydrogens is 538 g/mol. The second-order valence-corrected chi connectivity index (χ2v) is 11.7. The van der Waals surface area contributed by atoms with Gasteiger partial charge in [0, 0.05) is 41.2 Å². The molecule has 39 heavy (non-hydrogen) atoms. The van der Waals surface area contributed by atoms with Crippen LogP contribution in [0.15, 0.2) is 81.5 Å². The van der Waals surface area contributed by atoms with Crippen molar-refractivity contribution in [3.8, 4) is 0 Å². The highest BCUT2D eigenvalue weighted by molar-refractivity contribution is 7.94. The number of hydrogen-bond donors (Lipinski definition) is 2. The molecule has 2 unspecified atom stereocenters. The van der Waals surface area contributed by atoms with Crippen LogP contribution in [0, 0.1) is 5.92 Å². The van der Waals surface area contributed by atoms with Crippen LogP contribution in [0.3, 0.4) is 0 Å². The number of ether oxygens (including phenoxy) is 1. The summed E-state index contributed by atoms with van der Waals surface area (Å²) in [5, 5.41) is 12.8. The van der Waals surface area contributed by atoms with Crippen LogP contribution in [-0.4, -0.2) is 68.2 Å². The van der Waals surface area contributed by atoms with Gasteiger partial charge in [0.15, 0.2) is 0 Å². The Morgan fingerprint density at radius 1 is 1.13 bits per heavy atom. The summed E-state index contributed by atoms with van der Waals surface area (Å²) in [5.41, 5.74) is 4.80. The van der Waals surface area contributed by atoms with Crippen molar-refractivity contribution in [1.29, 1.82) is 0 Å². The summed E-state index contributed by atoms with van der Waals surface area (Å²) in [5.74, 6) is 0.612. The van der Waals surface area contributed by atoms with E-state index < -0.39 is 10.0 Å². The van der Waals surface area contributed by atoms with E-state index in [1.165, 1.54) is 13.1 Å². The van der Waals surface area contributed by atoms with Crippen molar-refractivity contribution in [3.05, 3.63) is 77.2 Å². The fourth-order valence-electron chi connectivity index (χ4n) is 5.20. The Labute approximate surface area is 234 Å². The van der Waals surface area contributed by atoms with Crippen molar-refractivity contribution in [3.63, 3.8) is 0 Å². The van der Waals surface area contributed by atoms with Crippen LogP contribution in [0.2, 0.25) is 0 Å². The third-order valence-electron chi connectivity index (χ3n) is 7.25. The average Bonchev–Trinajstić information content (AvgIpc) is 2.96. The SMILES string of the molecule is CCN(CC)C1=CC2OC3=CC(=[N+](CC)CC)C=CC3=C(c3ccc(S(=O)(=O)NC)cc3SOOO)C2C=C1. The van der Waals surface area contributed by atoms with E-state index in [-0.39, 0.29) is 16.9 Å². The second kappa shape index (κ2) is 12.7. The molecular formula is C28H36N3O6S2+. The third-order valence-corrected chi connectivity index (χ3v) is 9.31. The standard InChI is InChI=1S/C28H35N3O6S2/c1-6-30(7-2)19-10-13-22-25(16-19)35-26-17-20(31(8-3)9-4)11-14-23(26)28(22)24-15-12-21(39(33,34)29-5)18-27(24)38-37-36-32/h10-18,22,25,29H,6-9H2,1-5H3/p+1. The van der Waals surface area contributed by atoms with Gasteiger partial charge < -0.3 is 9.64 Å². The van der Waals surface area contributed by atoms with Gasteiger partial charge in [0.2, 0.25) is 15.7 Å². The largest absolute Gasteiger partial charge is 0.484 e. The van der Waals surface area contributed by atoms with Crippen molar-refractivity contribution >= 4 is 33.4 Å². The molecule has 4 rings (SSSR count). The number of benzene rings is 1. The molecule has 0 aromatic heterocycles. The molecule has 1 aliphatic heterocycles. The van der Waals surface area contributed by atoms with Crippen LogP contribution < -0.4 is 4.72 Å². The van der Waals surface area contributed by atoms with Crippen LogP contribution in [-0.2, 0) is 24.1 Å². The Kier molecular flexibility index (Phi) is 9.52. The maximum Gasteiger partial charge on any atom is 0.240 e. The number of nitrogens with one attached hydrogen (secondary N) is 1. The molecule has 0 saturated heterocycles. The number of likely N-dealkylation sites (N-methyl/N-ethyl adjacent to an activating group) is 1. The van der Waals surface area contributed by atoms with Crippen molar-refractivity contribution in [2.45, 2.75) is 43.6 Å². The van der Waals surface area contributed by atoms with Crippen LogP contribution in [0.5, 0.6) is 0 Å². The molecule has 0 fully saturated rings. The topological polar surface area (TPSA) is 100 Å². The molecule has 0 spiro atoms. The summed E-state index contributed by atoms with van der Waals surface area (Å²) >= 11 is 0.741. The van der Waals surface area contributed by atoms with Gasteiger partial charge in [-0.3, -0.25) is 0 Å². The van der Waals surface area contributed by atoms with E-state index in [0.717, 1.165) is 72.1 Å². The lowest BCUT2D eigenvalue weighted by Gasteiger charge is -2.38. The van der Waals surface area contributed by atoms with E-state index in [9.17, 15) is 8.42 Å². The van der Waals surface area contributed by atoms with Gasteiger partial charge in [-0.25, -0.2) is 23.0 Å². The van der Waals surface area contributed by atoms with Crippen LogP contribution >= 0.6 is 12.0 Å². The Morgan fingerprint density at radius 2 is 1.87 bits per heavy atom. The fraction of sp³-hybridized carbons (Fsp3) is 0.393. The summed E-state index contributed by atoms with van der Waals surface area (Å²) in [6, 6.07) is 4.84. The minimum Gasteiger partial charge on any atom is -0.484 e. The van der Waals surface area contributed by atoms with Crippen LogP contribution in [0.1, 0.15) is 33.3 Å². The smallest absolute Gasteiger partial charge is 0.240 e. The first-order chi connectivity index (χ1) is 18.8. The van der Waals surface area contributed by atoms with Gasteiger partial charge in [-0.2, -0.15) is 0 Å². The minimum absolute atomic E-state index is 0.0713. The highest BCUT2D eigenvalue weighted by atomic mass is 32.2. The molecule has 2 atom stereocenters. The number of allylic oxidation sites excluding steroid dienone is 4. The van der Waals surface area contributed by atoms with Crippen molar-refractivity contribution in [1.82, 2.24) is 9.62 Å². The summed E-state index contributed by atoms with van der Waals surface area (Å²) in [6.07, 6.45) is 12.4. The number of hydrogen-bond acceptors (Lipinski definition) is 8. The lowest BCUT2D eigenvalue weighted by atomic mass is 9.78. The van der Waals surface area contributed by atoms with Gasteiger partial charge in [-0.05, 0) is 76.2 Å². The molecule has 0 amide bonds. The van der Waals surface area contributed by atoms with E-state index in [0.29, 0.717) is 4.90 Å². The third kappa shape index (κ3) is 5.93. The molecule has 3 aliphatic rings. The van der Waals surface area contributed by atoms with Gasteiger partial charge in [0.25, 0.3) is 0 Å². The fourth-order valence-corrected chi connectivity index (χ4v) is 6.58. The van der Waals surface area contributed by atoms with E-state index >= 15 is 0 Å². The lowest BCUT2D eigenvalue weighted by molar-refractivity contribution is -0.519. The maximum atomic E-state index is 12.6. The maximum absolute atomic E-state index is 12.6. The zero-order valence-corrected chi connectivity index (χ0v) is 24.5. The average molecular weight is 575 g/mol. The van der Waals surface area contributed by atoms with Gasteiger partial charge in [0.1, 0.15) is 25.0 Å². The van der Waals surface area contributed by atoms with Crippen molar-refractivity contribution in [2.24, 2.45) is 5.92 Å². The Morgan fingerprint density at radius 3 is 2.51 bits per heavy atom. The minimum atomic E-state index is -3.71. The lowest BCUT2D eigenvalue weighted by Crippen LogP contribution is -2.34. The monoisotopic (exact) mass is 574 g/mol. The predicted octanol–water partition coefficient (Wildman–Crippen LogP) is 4.53. The first kappa shape index (κ1) is 29.3. The van der Waals surface area contributed by atoms with Crippen LogP contribution in [0.25, 0.3) is 5.57 Å². The normalized spacial score (nSPS) is 20.2. The summed E-state index contributed by atoms with van der Waals surface area (Å²) in [7, 11) is -2.35. The van der Waals surface area contributed by atoms with E-state index in [1.807, 2.05) is 0 Å². The Hall–Kier alpha value is -2.67. The molecule has 0 bridgehead atoms. The zero-order chi connectivity index (χ0) is 28.2. The molecule has 210 valence electrons. The van der Waals surface area contributed by atoms with E-state index in [4.69, 9.17) is 14.3 Å². The Balaban J connectivity index is 1.93. The van der Waals surface area contributed by atoms with Gasteiger partial charge >= 0.3 is 0 Å². The van der Waals surface area contributed by atoms with Gasteiger partial charge in [-0.15, -0.1) is 4.33 Å². The van der Waals surface area contributed by atoms with Gasteiger partial charge in [0.05, 0.1) is 23.0 Å². The number of nitrogens with zero attached hydrogens (tertiary/aromatic N) is 2. The highest BCUT2D eigenvalue weighted by Gasteiger charge is 2.38. The molecule has 0 radical (unpaired) electrons. The molecule has 2 N–H and O–H groups in total. The van der Waals surface area contributed by atoms with E-state index in [2.05, 4.69) is 83.4 Å². The predicted molar refractivity (Wildman–Crippen MR) is 152 cm³/mol. The summed E-state index contributed by atoms with van der Waals surface area (Å²) in [6.45, 7) is 12.0. The molecule has 1 aromatic carbocycles. The van der Waals surface area contributed by atoms with Crippen LogP contribution in [0.4, 0.5) is 0 Å². The van der Waals surface area contributed by atoms with Gasteiger partial charge in [-0.1, -0.05) is 17.2 Å². The molecule has 9 nitrogen and oxygen atoms in total. The summed E-state index contributed by atoms with van der Waals surface area (Å²) < 4.78 is 41.2. The number of fused-ring (bicyclic) bond motifs is 2. The van der Waals surface area contributed by atoms with Crippen molar-refractivity contribution < 1.29 is 32.4 Å². The molecule has 2 aliphatic carbocycles. The molecule has 1 heterocycles. The molecule has 1 aromatic rings. The zero-order valence-electron chi connectivity index (χ0n) is 22.9. The number of rotatable bonds is 11. The van der Waals surface area contributed by atoms with Crippen molar-refractivity contribution in [2.75, 3.05) is 33.2 Å².